The Kier molecular flexibility index (Phi) is 5.59. The first-order chi connectivity index (χ1) is 12.2. The van der Waals surface area contributed by atoms with Gasteiger partial charge >= 0.3 is 0 Å². The minimum absolute atomic E-state index is 0.188. The van der Waals surface area contributed by atoms with Crippen molar-refractivity contribution in [3.05, 3.63) is 83.8 Å². The van der Waals surface area contributed by atoms with Crippen molar-refractivity contribution >= 4 is 5.82 Å². The van der Waals surface area contributed by atoms with Gasteiger partial charge in [-0.1, -0.05) is 18.2 Å². The van der Waals surface area contributed by atoms with Crippen molar-refractivity contribution in [2.45, 2.75) is 26.1 Å². The van der Waals surface area contributed by atoms with Gasteiger partial charge in [0, 0.05) is 25.0 Å². The minimum Gasteiger partial charge on any atom is -0.487 e. The number of pyridine rings is 2. The van der Waals surface area contributed by atoms with Crippen molar-refractivity contribution in [2.75, 3.05) is 5.73 Å². The highest BCUT2D eigenvalue weighted by Gasteiger charge is 2.07. The molecular weight excluding hydrogens is 312 g/mol. The third kappa shape index (κ3) is 5.02. The molecule has 3 rings (SSSR count). The summed E-state index contributed by atoms with van der Waals surface area (Å²) in [6, 6.07) is 18.0. The van der Waals surface area contributed by atoms with Crippen LogP contribution in [0.1, 0.15) is 29.8 Å². The number of hydrogen-bond acceptors (Lipinski definition) is 5. The lowest BCUT2D eigenvalue weighted by atomic mass is 10.1. The smallest absolute Gasteiger partial charge is 0.130 e. The van der Waals surface area contributed by atoms with Crippen molar-refractivity contribution in [1.82, 2.24) is 15.3 Å². The van der Waals surface area contributed by atoms with Crippen LogP contribution in [0.3, 0.4) is 0 Å². The molecule has 0 unspecified atom stereocenters. The van der Waals surface area contributed by atoms with Crippen LogP contribution in [0.25, 0.3) is 0 Å². The van der Waals surface area contributed by atoms with Crippen LogP contribution >= 0.6 is 0 Å². The third-order valence-corrected chi connectivity index (χ3v) is 3.93. The van der Waals surface area contributed by atoms with Gasteiger partial charge in [0.1, 0.15) is 18.2 Å². The summed E-state index contributed by atoms with van der Waals surface area (Å²) in [5.74, 6) is 1.38. The van der Waals surface area contributed by atoms with Crippen molar-refractivity contribution in [1.29, 1.82) is 0 Å². The van der Waals surface area contributed by atoms with Gasteiger partial charge in [-0.25, -0.2) is 4.98 Å². The van der Waals surface area contributed by atoms with Gasteiger partial charge < -0.3 is 15.8 Å². The Balaban J connectivity index is 1.58. The fourth-order valence-electron chi connectivity index (χ4n) is 2.51. The lowest BCUT2D eigenvalue weighted by Crippen LogP contribution is -2.18. The zero-order valence-electron chi connectivity index (χ0n) is 14.2. The Bertz CT molecular complexity index is 808. The molecule has 2 aromatic heterocycles. The monoisotopic (exact) mass is 334 g/mol. The average molecular weight is 334 g/mol. The molecule has 5 nitrogen and oxygen atoms in total. The Hall–Kier alpha value is -2.92. The molecule has 0 fully saturated rings. The molecule has 25 heavy (non-hydrogen) atoms. The highest BCUT2D eigenvalue weighted by atomic mass is 16.5. The zero-order valence-corrected chi connectivity index (χ0v) is 14.2. The molecule has 1 atom stereocenters. The largest absolute Gasteiger partial charge is 0.487 e. The van der Waals surface area contributed by atoms with E-state index in [1.54, 1.807) is 12.4 Å². The predicted molar refractivity (Wildman–Crippen MR) is 98.9 cm³/mol. The molecule has 0 saturated heterocycles. The topological polar surface area (TPSA) is 73.1 Å². The van der Waals surface area contributed by atoms with Gasteiger partial charge in [0.25, 0.3) is 0 Å². The van der Waals surface area contributed by atoms with E-state index in [2.05, 4.69) is 34.3 Å². The molecule has 0 spiro atoms. The van der Waals surface area contributed by atoms with Crippen LogP contribution < -0.4 is 15.8 Å². The summed E-state index contributed by atoms with van der Waals surface area (Å²) in [7, 11) is 0. The summed E-state index contributed by atoms with van der Waals surface area (Å²) in [6.45, 7) is 3.32. The molecule has 0 aliphatic heterocycles. The molecule has 3 aromatic rings. The van der Waals surface area contributed by atoms with E-state index in [0.29, 0.717) is 12.4 Å². The quantitative estimate of drug-likeness (QED) is 0.692. The Morgan fingerprint density at radius 3 is 2.76 bits per heavy atom. The van der Waals surface area contributed by atoms with Crippen LogP contribution in [0, 0.1) is 0 Å². The molecule has 0 aliphatic rings. The molecule has 2 heterocycles. The number of benzene rings is 1. The number of rotatable bonds is 7. The molecule has 0 radical (unpaired) electrons. The fourth-order valence-corrected chi connectivity index (χ4v) is 2.51. The molecule has 0 amide bonds. The number of nitrogens with two attached hydrogens (primary N) is 1. The van der Waals surface area contributed by atoms with E-state index < -0.39 is 0 Å². The van der Waals surface area contributed by atoms with Crippen LogP contribution in [-0.4, -0.2) is 9.97 Å². The van der Waals surface area contributed by atoms with Gasteiger partial charge in [0.2, 0.25) is 0 Å². The number of nitrogens with one attached hydrogen (secondary N) is 1. The first-order valence-electron chi connectivity index (χ1n) is 8.27. The molecule has 0 aliphatic carbocycles. The number of nitrogen functional groups attached to an aromatic ring is 1. The first-order valence-corrected chi connectivity index (χ1v) is 8.27. The second-order valence-corrected chi connectivity index (χ2v) is 5.87. The van der Waals surface area contributed by atoms with Crippen LogP contribution in [-0.2, 0) is 13.2 Å². The van der Waals surface area contributed by atoms with E-state index in [1.807, 2.05) is 42.5 Å². The SMILES string of the molecule is C[C@H](NCc1ccnc(N)c1)c1cccc(OCc2ccccn2)c1. The summed E-state index contributed by atoms with van der Waals surface area (Å²) in [5.41, 5.74) is 8.91. The summed E-state index contributed by atoms with van der Waals surface area (Å²) in [6.07, 6.45) is 3.50. The second kappa shape index (κ2) is 8.26. The molecule has 3 N–H and O–H groups in total. The van der Waals surface area contributed by atoms with E-state index in [9.17, 15) is 0 Å². The Labute approximate surface area is 147 Å². The molecular formula is C20H22N4O. The van der Waals surface area contributed by atoms with Gasteiger partial charge in [0.15, 0.2) is 0 Å². The molecule has 5 heteroatoms. The van der Waals surface area contributed by atoms with E-state index >= 15 is 0 Å². The fraction of sp³-hybridized carbons (Fsp3) is 0.200. The van der Waals surface area contributed by atoms with Crippen molar-refractivity contribution in [2.24, 2.45) is 0 Å². The zero-order chi connectivity index (χ0) is 17.5. The summed E-state index contributed by atoms with van der Waals surface area (Å²) in [4.78, 5) is 8.28. The van der Waals surface area contributed by atoms with Gasteiger partial charge in [-0.2, -0.15) is 0 Å². The highest BCUT2D eigenvalue weighted by Crippen LogP contribution is 2.20. The summed E-state index contributed by atoms with van der Waals surface area (Å²) < 4.78 is 5.85. The van der Waals surface area contributed by atoms with Crippen molar-refractivity contribution in [3.8, 4) is 5.75 Å². The van der Waals surface area contributed by atoms with Gasteiger partial charge in [-0.05, 0) is 54.4 Å². The van der Waals surface area contributed by atoms with Crippen LogP contribution in [0.5, 0.6) is 5.75 Å². The van der Waals surface area contributed by atoms with Gasteiger partial charge in [0.05, 0.1) is 5.69 Å². The molecule has 128 valence electrons. The molecule has 0 saturated carbocycles. The maximum atomic E-state index is 5.85. The second-order valence-electron chi connectivity index (χ2n) is 5.87. The number of hydrogen-bond donors (Lipinski definition) is 2. The maximum absolute atomic E-state index is 5.85. The van der Waals surface area contributed by atoms with Crippen LogP contribution in [0.2, 0.25) is 0 Å². The Morgan fingerprint density at radius 2 is 1.96 bits per heavy atom. The first kappa shape index (κ1) is 16.9. The van der Waals surface area contributed by atoms with Crippen molar-refractivity contribution in [3.63, 3.8) is 0 Å². The lowest BCUT2D eigenvalue weighted by molar-refractivity contribution is 0.300. The average Bonchev–Trinajstić information content (AvgIpc) is 2.65. The van der Waals surface area contributed by atoms with E-state index in [-0.39, 0.29) is 6.04 Å². The van der Waals surface area contributed by atoms with Crippen molar-refractivity contribution < 1.29 is 4.74 Å². The van der Waals surface area contributed by atoms with E-state index in [1.165, 1.54) is 5.56 Å². The number of aromatic nitrogens is 2. The lowest BCUT2D eigenvalue weighted by Gasteiger charge is -2.16. The van der Waals surface area contributed by atoms with Crippen LogP contribution in [0.15, 0.2) is 67.0 Å². The third-order valence-electron chi connectivity index (χ3n) is 3.93. The number of ether oxygens (including phenoxy) is 1. The van der Waals surface area contributed by atoms with E-state index in [0.717, 1.165) is 23.6 Å². The van der Waals surface area contributed by atoms with Gasteiger partial charge in [-0.15, -0.1) is 0 Å². The predicted octanol–water partition coefficient (Wildman–Crippen LogP) is 3.49. The highest BCUT2D eigenvalue weighted by molar-refractivity contribution is 5.33. The number of anilines is 1. The summed E-state index contributed by atoms with van der Waals surface area (Å²) in [5, 5.41) is 3.49. The standard InChI is InChI=1S/C20H22N4O/c1-15(24-13-16-8-10-23-20(21)11-16)17-5-4-7-19(12-17)25-14-18-6-2-3-9-22-18/h2-12,15,24H,13-14H2,1H3,(H2,21,23)/t15-/m0/s1. The molecule has 1 aromatic carbocycles. The number of nitrogens with zero attached hydrogens (tertiary/aromatic N) is 2. The molecule has 0 bridgehead atoms. The Morgan fingerprint density at radius 1 is 1.04 bits per heavy atom. The normalized spacial score (nSPS) is 11.9. The summed E-state index contributed by atoms with van der Waals surface area (Å²) >= 11 is 0. The van der Waals surface area contributed by atoms with E-state index in [4.69, 9.17) is 10.5 Å². The minimum atomic E-state index is 0.188. The van der Waals surface area contributed by atoms with Crippen LogP contribution in [0.4, 0.5) is 5.82 Å². The maximum Gasteiger partial charge on any atom is 0.130 e. The van der Waals surface area contributed by atoms with Gasteiger partial charge in [-0.3, -0.25) is 4.98 Å².